The first kappa shape index (κ1) is 26.9. The quantitative estimate of drug-likeness (QED) is 0.300. The van der Waals surface area contributed by atoms with E-state index in [-0.39, 0.29) is 45.9 Å². The van der Waals surface area contributed by atoms with Crippen molar-refractivity contribution in [3.05, 3.63) is 29.8 Å². The number of nitrogens with zero attached hydrogens (tertiary/aromatic N) is 1. The molecular weight excluding hydrogens is 422 g/mol. The highest BCUT2D eigenvalue weighted by Crippen LogP contribution is 2.16. The molecule has 0 heterocycles. The number of methoxy groups -OCH3 is 1. The van der Waals surface area contributed by atoms with Crippen LogP contribution < -0.4 is 4.74 Å². The van der Waals surface area contributed by atoms with E-state index in [1.807, 2.05) is 0 Å². The van der Waals surface area contributed by atoms with E-state index in [0.29, 0.717) is 5.75 Å². The van der Waals surface area contributed by atoms with E-state index in [1.165, 1.54) is 12.0 Å². The second-order valence-electron chi connectivity index (χ2n) is 6.50. The van der Waals surface area contributed by atoms with Crippen LogP contribution in [0.25, 0.3) is 0 Å². The molecule has 32 heavy (non-hydrogen) atoms. The molecule has 0 N–H and O–H groups in total. The van der Waals surface area contributed by atoms with Crippen molar-refractivity contribution in [2.24, 2.45) is 0 Å². The zero-order valence-electron chi connectivity index (χ0n) is 19.0. The van der Waals surface area contributed by atoms with Crippen LogP contribution in [0.1, 0.15) is 26.3 Å². The number of ether oxygens (including phenoxy) is 5. The maximum atomic E-state index is 12.5. The SMILES string of the molecule is CCOC(=O)COc1ccc(CC(C(=O)OC)N(CC(=O)OCC)CC(=O)OCC)cc1. The van der Waals surface area contributed by atoms with Crippen LogP contribution in [0.4, 0.5) is 0 Å². The highest BCUT2D eigenvalue weighted by atomic mass is 16.6. The molecule has 0 radical (unpaired) electrons. The van der Waals surface area contributed by atoms with Crippen LogP contribution in [0.5, 0.6) is 5.75 Å². The van der Waals surface area contributed by atoms with Crippen LogP contribution >= 0.6 is 0 Å². The second kappa shape index (κ2) is 14.8. The predicted molar refractivity (Wildman–Crippen MR) is 113 cm³/mol. The lowest BCUT2D eigenvalue weighted by Crippen LogP contribution is -2.48. The largest absolute Gasteiger partial charge is 0.482 e. The van der Waals surface area contributed by atoms with Crippen molar-refractivity contribution in [3.63, 3.8) is 0 Å². The zero-order chi connectivity index (χ0) is 23.9. The van der Waals surface area contributed by atoms with Gasteiger partial charge in [0.2, 0.25) is 0 Å². The maximum Gasteiger partial charge on any atom is 0.344 e. The third kappa shape index (κ3) is 9.78. The van der Waals surface area contributed by atoms with Gasteiger partial charge in [0.1, 0.15) is 11.8 Å². The van der Waals surface area contributed by atoms with E-state index in [0.717, 1.165) is 5.56 Å². The molecule has 1 atom stereocenters. The molecule has 1 unspecified atom stereocenters. The minimum Gasteiger partial charge on any atom is -0.482 e. The van der Waals surface area contributed by atoms with Gasteiger partial charge in [-0.05, 0) is 44.9 Å². The first-order valence-corrected chi connectivity index (χ1v) is 10.3. The monoisotopic (exact) mass is 453 g/mol. The van der Waals surface area contributed by atoms with Crippen molar-refractivity contribution in [1.82, 2.24) is 4.90 Å². The molecule has 0 saturated carbocycles. The Labute approximate surface area is 187 Å². The maximum absolute atomic E-state index is 12.5. The molecule has 1 aromatic carbocycles. The fourth-order valence-electron chi connectivity index (χ4n) is 2.81. The molecule has 10 nitrogen and oxygen atoms in total. The lowest BCUT2D eigenvalue weighted by atomic mass is 10.0. The molecule has 178 valence electrons. The van der Waals surface area contributed by atoms with Crippen molar-refractivity contribution in [2.75, 3.05) is 46.6 Å². The van der Waals surface area contributed by atoms with E-state index in [2.05, 4.69) is 0 Å². The van der Waals surface area contributed by atoms with Crippen LogP contribution in [0.15, 0.2) is 24.3 Å². The van der Waals surface area contributed by atoms with Crippen molar-refractivity contribution in [2.45, 2.75) is 33.2 Å². The predicted octanol–water partition coefficient (Wildman–Crippen LogP) is 1.14. The van der Waals surface area contributed by atoms with E-state index < -0.39 is 29.9 Å². The lowest BCUT2D eigenvalue weighted by molar-refractivity contribution is -0.154. The van der Waals surface area contributed by atoms with E-state index in [9.17, 15) is 19.2 Å². The van der Waals surface area contributed by atoms with Crippen LogP contribution in [0.3, 0.4) is 0 Å². The first-order valence-electron chi connectivity index (χ1n) is 10.3. The highest BCUT2D eigenvalue weighted by molar-refractivity contribution is 5.80. The molecule has 0 fully saturated rings. The molecule has 0 aliphatic carbocycles. The lowest BCUT2D eigenvalue weighted by Gasteiger charge is -2.28. The summed E-state index contributed by atoms with van der Waals surface area (Å²) in [7, 11) is 1.23. The standard InChI is InChI=1S/C22H31NO9/c1-5-29-19(24)13-23(14-20(25)30-6-2)18(22(27)28-4)12-16-8-10-17(11-9-16)32-15-21(26)31-7-3/h8-11,18H,5-7,12-15H2,1-4H3. The molecule has 0 spiro atoms. The second-order valence-corrected chi connectivity index (χ2v) is 6.50. The summed E-state index contributed by atoms with van der Waals surface area (Å²) < 4.78 is 25.0. The van der Waals surface area contributed by atoms with Gasteiger partial charge < -0.3 is 23.7 Å². The van der Waals surface area contributed by atoms with E-state index in [1.54, 1.807) is 45.0 Å². The van der Waals surface area contributed by atoms with Gasteiger partial charge in [0.15, 0.2) is 6.61 Å². The topological polar surface area (TPSA) is 118 Å². The Morgan fingerprint density at radius 1 is 0.812 bits per heavy atom. The van der Waals surface area contributed by atoms with Gasteiger partial charge in [0.05, 0.1) is 40.0 Å². The molecule has 1 rings (SSSR count). The Kier molecular flexibility index (Phi) is 12.4. The van der Waals surface area contributed by atoms with Crippen LogP contribution in [-0.2, 0) is 44.5 Å². The molecule has 0 bridgehead atoms. The molecule has 0 amide bonds. The van der Waals surface area contributed by atoms with E-state index in [4.69, 9.17) is 23.7 Å². The molecule has 0 aromatic heterocycles. The molecule has 0 aliphatic rings. The fourth-order valence-corrected chi connectivity index (χ4v) is 2.81. The Bertz CT molecular complexity index is 728. The Morgan fingerprint density at radius 2 is 1.31 bits per heavy atom. The smallest absolute Gasteiger partial charge is 0.344 e. The van der Waals surface area contributed by atoms with Gasteiger partial charge in [0.25, 0.3) is 0 Å². The summed E-state index contributed by atoms with van der Waals surface area (Å²) in [4.78, 5) is 49.4. The summed E-state index contributed by atoms with van der Waals surface area (Å²) >= 11 is 0. The number of carbonyl (C=O) groups is 4. The van der Waals surface area contributed by atoms with Gasteiger partial charge in [0, 0.05) is 0 Å². The number of hydrogen-bond donors (Lipinski definition) is 0. The first-order chi connectivity index (χ1) is 15.3. The zero-order valence-corrected chi connectivity index (χ0v) is 19.0. The average Bonchev–Trinajstić information content (AvgIpc) is 2.76. The van der Waals surface area contributed by atoms with Crippen molar-refractivity contribution >= 4 is 23.9 Å². The van der Waals surface area contributed by atoms with Crippen molar-refractivity contribution in [1.29, 1.82) is 0 Å². The van der Waals surface area contributed by atoms with Gasteiger partial charge >= 0.3 is 23.9 Å². The van der Waals surface area contributed by atoms with Crippen LogP contribution in [0.2, 0.25) is 0 Å². The molecular formula is C22H31NO9. The number of carbonyl (C=O) groups excluding carboxylic acids is 4. The summed E-state index contributed by atoms with van der Waals surface area (Å²) in [6.45, 7) is 4.85. The average molecular weight is 453 g/mol. The molecule has 0 saturated heterocycles. The minimum atomic E-state index is -0.930. The third-order valence-electron chi connectivity index (χ3n) is 4.20. The van der Waals surface area contributed by atoms with Crippen LogP contribution in [-0.4, -0.2) is 81.4 Å². The van der Waals surface area contributed by atoms with Gasteiger partial charge in [-0.25, -0.2) is 4.79 Å². The Morgan fingerprint density at radius 3 is 1.78 bits per heavy atom. The molecule has 10 heteroatoms. The number of benzene rings is 1. The minimum absolute atomic E-state index is 0.156. The van der Waals surface area contributed by atoms with Gasteiger partial charge in [-0.2, -0.15) is 0 Å². The van der Waals surface area contributed by atoms with Gasteiger partial charge in [-0.15, -0.1) is 0 Å². The van der Waals surface area contributed by atoms with Gasteiger partial charge in [-0.3, -0.25) is 19.3 Å². The number of hydrogen-bond acceptors (Lipinski definition) is 10. The Balaban J connectivity index is 2.97. The van der Waals surface area contributed by atoms with E-state index >= 15 is 0 Å². The Hall–Kier alpha value is -3.14. The summed E-state index contributed by atoms with van der Waals surface area (Å²) in [6.07, 6.45) is 0.156. The summed E-state index contributed by atoms with van der Waals surface area (Å²) in [6, 6.07) is 5.78. The molecule has 0 aliphatic heterocycles. The van der Waals surface area contributed by atoms with Gasteiger partial charge in [-0.1, -0.05) is 12.1 Å². The van der Waals surface area contributed by atoms with Crippen molar-refractivity contribution in [3.8, 4) is 5.75 Å². The summed E-state index contributed by atoms with van der Waals surface area (Å²) in [5, 5.41) is 0. The van der Waals surface area contributed by atoms with Crippen molar-refractivity contribution < 1.29 is 42.9 Å². The van der Waals surface area contributed by atoms with Crippen LogP contribution in [0, 0.1) is 0 Å². The summed E-state index contributed by atoms with van der Waals surface area (Å²) in [5.41, 5.74) is 0.724. The normalized spacial score (nSPS) is 11.4. The summed E-state index contributed by atoms with van der Waals surface area (Å²) in [5.74, 6) is -1.79. The fraction of sp³-hybridized carbons (Fsp3) is 0.545. The highest BCUT2D eigenvalue weighted by Gasteiger charge is 2.31. The number of rotatable bonds is 14. The third-order valence-corrected chi connectivity index (χ3v) is 4.20. The number of esters is 4. The molecule has 1 aromatic rings.